The molecule has 3 heterocycles. The molecule has 0 atom stereocenters. The number of pyridine rings is 1. The van der Waals surface area contributed by atoms with E-state index in [1.165, 1.54) is 77.0 Å². The zero-order chi connectivity index (χ0) is 27.6. The summed E-state index contributed by atoms with van der Waals surface area (Å²) in [6.45, 7) is 0. The molecule has 1 amide bonds. The predicted molar refractivity (Wildman–Crippen MR) is 149 cm³/mol. The van der Waals surface area contributed by atoms with Gasteiger partial charge in [0.1, 0.15) is 22.5 Å². The van der Waals surface area contributed by atoms with Crippen molar-refractivity contribution in [3.05, 3.63) is 131 Å². The first-order valence-electron chi connectivity index (χ1n) is 12.0. The lowest BCUT2D eigenvalue weighted by Gasteiger charge is -2.10. The maximum absolute atomic E-state index is 15.0. The Kier molecular flexibility index (Phi) is 6.59. The zero-order valence-electron chi connectivity index (χ0n) is 20.5. The van der Waals surface area contributed by atoms with E-state index in [1.807, 2.05) is 36.4 Å². The molecule has 0 fully saturated rings. The average Bonchev–Trinajstić information content (AvgIpc) is 3.41. The highest BCUT2D eigenvalue weighted by Crippen LogP contribution is 2.37. The van der Waals surface area contributed by atoms with Gasteiger partial charge in [0.15, 0.2) is 11.6 Å². The second kappa shape index (κ2) is 10.5. The minimum absolute atomic E-state index is 0.0937. The van der Waals surface area contributed by atoms with Gasteiger partial charge in [-0.15, -0.1) is 11.3 Å². The molecule has 7 nitrogen and oxygen atoms in total. The fourth-order valence-corrected chi connectivity index (χ4v) is 5.09. The molecule has 0 spiro atoms. The van der Waals surface area contributed by atoms with Crippen LogP contribution in [0, 0.1) is 11.6 Å². The van der Waals surface area contributed by atoms with Crippen LogP contribution in [0.15, 0.2) is 108 Å². The van der Waals surface area contributed by atoms with Crippen molar-refractivity contribution in [2.24, 2.45) is 0 Å². The molecule has 0 aliphatic carbocycles. The van der Waals surface area contributed by atoms with E-state index in [0.717, 1.165) is 16.5 Å². The van der Waals surface area contributed by atoms with Crippen LogP contribution in [0.2, 0.25) is 0 Å². The van der Waals surface area contributed by atoms with E-state index in [-0.39, 0.29) is 22.9 Å². The number of hydrogen-bond acceptors (Lipinski definition) is 6. The van der Waals surface area contributed by atoms with Crippen LogP contribution in [-0.4, -0.2) is 20.4 Å². The number of carbonyl (C=O) groups excluding carboxylic acids is 1. The number of halogens is 2. The smallest absolute Gasteiger partial charge is 0.267 e. The van der Waals surface area contributed by atoms with Gasteiger partial charge in [0, 0.05) is 28.5 Å². The number of rotatable bonds is 6. The Morgan fingerprint density at radius 2 is 1.70 bits per heavy atom. The molecule has 0 unspecified atom stereocenters. The number of aromatic nitrogens is 3. The van der Waals surface area contributed by atoms with Gasteiger partial charge in [-0.1, -0.05) is 30.3 Å². The van der Waals surface area contributed by atoms with Crippen LogP contribution in [0.25, 0.3) is 26.3 Å². The fraction of sp³-hybridized carbons (Fsp3) is 0. The molecule has 196 valence electrons. The minimum atomic E-state index is -0.736. The maximum Gasteiger partial charge on any atom is 0.267 e. The van der Waals surface area contributed by atoms with Crippen LogP contribution in [-0.2, 0) is 0 Å². The Bertz CT molecular complexity index is 1920. The molecule has 0 aliphatic rings. The Hall–Kier alpha value is -5.22. The third kappa shape index (κ3) is 4.95. The van der Waals surface area contributed by atoms with Crippen molar-refractivity contribution in [3.8, 4) is 27.8 Å². The van der Waals surface area contributed by atoms with Gasteiger partial charge in [-0.2, -0.15) is 0 Å². The number of thiophene rings is 1. The van der Waals surface area contributed by atoms with Crippen LogP contribution in [0.5, 0.6) is 11.6 Å². The number of fused-ring (bicyclic) bond motifs is 1. The van der Waals surface area contributed by atoms with Crippen molar-refractivity contribution in [1.82, 2.24) is 14.5 Å². The third-order valence-corrected chi connectivity index (χ3v) is 7.14. The number of amides is 1. The molecular weight excluding hydrogens is 534 g/mol. The summed E-state index contributed by atoms with van der Waals surface area (Å²) < 4.78 is 35.3. The maximum atomic E-state index is 15.0. The number of nitrogens with one attached hydrogen (secondary N) is 1. The van der Waals surface area contributed by atoms with E-state index in [1.54, 1.807) is 0 Å². The molecule has 3 aromatic carbocycles. The number of ether oxygens (including phenoxy) is 1. The molecule has 3 aromatic heterocycles. The molecule has 10 heteroatoms. The van der Waals surface area contributed by atoms with Crippen molar-refractivity contribution in [2.75, 3.05) is 5.32 Å². The van der Waals surface area contributed by atoms with Gasteiger partial charge in [-0.05, 0) is 60.2 Å². The van der Waals surface area contributed by atoms with Crippen molar-refractivity contribution in [1.29, 1.82) is 0 Å². The molecule has 0 radical (unpaired) electrons. The lowest BCUT2D eigenvalue weighted by atomic mass is 10.2. The molecular formula is C30H18F2N4O3S. The van der Waals surface area contributed by atoms with E-state index in [9.17, 15) is 14.0 Å². The lowest BCUT2D eigenvalue weighted by molar-refractivity contribution is 0.102. The van der Waals surface area contributed by atoms with Crippen LogP contribution < -0.4 is 15.6 Å². The molecule has 0 saturated carbocycles. The van der Waals surface area contributed by atoms with E-state index < -0.39 is 23.1 Å². The zero-order valence-corrected chi connectivity index (χ0v) is 21.4. The highest BCUT2D eigenvalue weighted by molar-refractivity contribution is 7.21. The van der Waals surface area contributed by atoms with Crippen LogP contribution >= 0.6 is 11.3 Å². The minimum Gasteiger partial charge on any atom is -0.435 e. The molecule has 0 bridgehead atoms. The van der Waals surface area contributed by atoms with E-state index >= 15 is 4.39 Å². The van der Waals surface area contributed by atoms with Gasteiger partial charge in [-0.25, -0.2) is 18.7 Å². The summed E-state index contributed by atoms with van der Waals surface area (Å²) in [6, 6.07) is 23.8. The van der Waals surface area contributed by atoms with Crippen molar-refractivity contribution < 1.29 is 18.3 Å². The van der Waals surface area contributed by atoms with Gasteiger partial charge in [-0.3, -0.25) is 14.2 Å². The highest BCUT2D eigenvalue weighted by Gasteiger charge is 2.17. The third-order valence-electron chi connectivity index (χ3n) is 6.04. The van der Waals surface area contributed by atoms with Crippen LogP contribution in [0.3, 0.4) is 0 Å². The standard InChI is InChI=1S/C30H18F2N4O3S/c31-19-8-11-21(12-9-19)36-14-4-7-22(30(36)38)27(37)35-20-10-13-25(24(32)15-20)39-28-23-16-26(18-5-2-1-3-6-18)40-29(23)34-17-33-28/h1-17H,(H,35,37). The van der Waals surface area contributed by atoms with Crippen molar-refractivity contribution in [2.45, 2.75) is 0 Å². The predicted octanol–water partition coefficient (Wildman–Crippen LogP) is 6.83. The molecule has 40 heavy (non-hydrogen) atoms. The Labute approximate surface area is 230 Å². The second-order valence-corrected chi connectivity index (χ2v) is 9.68. The molecule has 0 aliphatic heterocycles. The highest BCUT2D eigenvalue weighted by atomic mass is 32.1. The van der Waals surface area contributed by atoms with E-state index in [2.05, 4.69) is 15.3 Å². The lowest BCUT2D eigenvalue weighted by Crippen LogP contribution is -2.27. The SMILES string of the molecule is O=C(Nc1ccc(Oc2ncnc3sc(-c4ccccc4)cc23)c(F)c1)c1cccn(-c2ccc(F)cc2)c1=O. The average molecular weight is 553 g/mol. The van der Waals surface area contributed by atoms with Gasteiger partial charge in [0.2, 0.25) is 5.88 Å². The van der Waals surface area contributed by atoms with Crippen LogP contribution in [0.4, 0.5) is 14.5 Å². The topological polar surface area (TPSA) is 86.1 Å². The Morgan fingerprint density at radius 1 is 0.900 bits per heavy atom. The summed E-state index contributed by atoms with van der Waals surface area (Å²) in [5.74, 6) is -1.80. The first kappa shape index (κ1) is 25.1. The summed E-state index contributed by atoms with van der Waals surface area (Å²) in [6.07, 6.45) is 2.83. The summed E-state index contributed by atoms with van der Waals surface area (Å²) in [7, 11) is 0. The van der Waals surface area contributed by atoms with E-state index in [4.69, 9.17) is 4.74 Å². The molecule has 0 saturated heterocycles. The second-order valence-electron chi connectivity index (χ2n) is 8.65. The summed E-state index contributed by atoms with van der Waals surface area (Å²) in [5.41, 5.74) is 0.772. The summed E-state index contributed by atoms with van der Waals surface area (Å²) >= 11 is 1.47. The first-order valence-corrected chi connectivity index (χ1v) is 12.8. The van der Waals surface area contributed by atoms with E-state index in [0.29, 0.717) is 15.9 Å². The number of nitrogens with zero attached hydrogens (tertiary/aromatic N) is 3. The van der Waals surface area contributed by atoms with Gasteiger partial charge < -0.3 is 10.1 Å². The normalized spacial score (nSPS) is 10.9. The summed E-state index contributed by atoms with van der Waals surface area (Å²) in [4.78, 5) is 35.9. The largest absolute Gasteiger partial charge is 0.435 e. The molecule has 6 rings (SSSR count). The fourth-order valence-electron chi connectivity index (χ4n) is 4.10. The molecule has 1 N–H and O–H groups in total. The molecule has 6 aromatic rings. The first-order chi connectivity index (χ1) is 19.5. The Balaban J connectivity index is 1.22. The summed E-state index contributed by atoms with van der Waals surface area (Å²) in [5, 5.41) is 3.18. The van der Waals surface area contributed by atoms with Crippen molar-refractivity contribution >= 4 is 33.1 Å². The van der Waals surface area contributed by atoms with Gasteiger partial charge >= 0.3 is 0 Å². The van der Waals surface area contributed by atoms with Crippen molar-refractivity contribution in [3.63, 3.8) is 0 Å². The Morgan fingerprint density at radius 3 is 2.48 bits per heavy atom. The number of carbonyl (C=O) groups is 1. The van der Waals surface area contributed by atoms with Gasteiger partial charge in [0.05, 0.1) is 5.39 Å². The number of anilines is 1. The number of hydrogen-bond donors (Lipinski definition) is 1. The van der Waals surface area contributed by atoms with Crippen LogP contribution in [0.1, 0.15) is 10.4 Å². The van der Waals surface area contributed by atoms with Gasteiger partial charge in [0.25, 0.3) is 11.5 Å². The quantitative estimate of drug-likeness (QED) is 0.245. The number of benzene rings is 3. The monoisotopic (exact) mass is 552 g/mol.